The van der Waals surface area contributed by atoms with Crippen LogP contribution in [0.15, 0.2) is 30.3 Å². The third-order valence-corrected chi connectivity index (χ3v) is 5.03. The van der Waals surface area contributed by atoms with E-state index < -0.39 is 19.5 Å². The van der Waals surface area contributed by atoms with Crippen molar-refractivity contribution >= 4 is 25.1 Å². The van der Waals surface area contributed by atoms with Crippen LogP contribution < -0.4 is 0 Å². The molecule has 0 atom stereocenters. The Morgan fingerprint density at radius 1 is 1.11 bits per heavy atom. The number of benzene rings is 1. The van der Waals surface area contributed by atoms with Crippen LogP contribution in [-0.2, 0) is 15.3 Å². The summed E-state index contributed by atoms with van der Waals surface area (Å²) >= 11 is 0. The lowest BCUT2D eigenvalue weighted by Crippen LogP contribution is -2.36. The second-order valence-corrected chi connectivity index (χ2v) is 7.26. The van der Waals surface area contributed by atoms with Gasteiger partial charge in [0, 0.05) is 5.41 Å². The summed E-state index contributed by atoms with van der Waals surface area (Å²) in [7, 11) is -0.932. The van der Waals surface area contributed by atoms with Crippen molar-refractivity contribution in [1.82, 2.24) is 0 Å². The molecule has 1 aromatic rings. The Morgan fingerprint density at radius 3 is 2.37 bits per heavy atom. The summed E-state index contributed by atoms with van der Waals surface area (Å²) < 4.78 is 12.0. The molecule has 0 N–H and O–H groups in total. The number of allylic oxidation sites excluding steroid dienone is 1. The molecule has 2 rings (SSSR count). The average molecular weight is 293 g/mol. The van der Waals surface area contributed by atoms with Crippen molar-refractivity contribution in [3.05, 3.63) is 41.5 Å². The standard InChI is InChI=1S/C15H24O2Si2/c1-15(2,14(16-18-3)17-19-4)13-10-9-11-7-5-6-8-12(11)13/h5-8,10,14H,9,18-19H2,1-4H3. The van der Waals surface area contributed by atoms with Crippen LogP contribution in [0.2, 0.25) is 13.1 Å². The summed E-state index contributed by atoms with van der Waals surface area (Å²) in [5.74, 6) is 0. The van der Waals surface area contributed by atoms with E-state index in [1.807, 2.05) is 0 Å². The largest absolute Gasteiger partial charge is 0.400 e. The molecule has 1 aromatic carbocycles. The Kier molecular flexibility index (Phi) is 4.78. The van der Waals surface area contributed by atoms with Gasteiger partial charge in [0.05, 0.1) is 0 Å². The summed E-state index contributed by atoms with van der Waals surface area (Å²) in [6.45, 7) is 8.83. The van der Waals surface area contributed by atoms with E-state index >= 15 is 0 Å². The van der Waals surface area contributed by atoms with Crippen LogP contribution in [0.25, 0.3) is 5.57 Å². The van der Waals surface area contributed by atoms with Crippen molar-refractivity contribution in [1.29, 1.82) is 0 Å². The quantitative estimate of drug-likeness (QED) is 0.591. The molecule has 0 bridgehead atoms. The highest BCUT2D eigenvalue weighted by atomic mass is 28.2. The molecule has 1 aliphatic carbocycles. The monoisotopic (exact) mass is 292 g/mol. The Balaban J connectivity index is 2.29. The van der Waals surface area contributed by atoms with E-state index in [2.05, 4.69) is 57.3 Å². The highest BCUT2D eigenvalue weighted by Gasteiger charge is 2.36. The van der Waals surface area contributed by atoms with Crippen LogP contribution in [-0.4, -0.2) is 25.8 Å². The van der Waals surface area contributed by atoms with Crippen molar-refractivity contribution in [2.45, 2.75) is 39.7 Å². The Morgan fingerprint density at radius 2 is 1.74 bits per heavy atom. The molecule has 0 radical (unpaired) electrons. The van der Waals surface area contributed by atoms with Gasteiger partial charge in [-0.05, 0) is 23.1 Å². The fourth-order valence-corrected chi connectivity index (χ4v) is 4.61. The van der Waals surface area contributed by atoms with Crippen LogP contribution >= 0.6 is 0 Å². The Bertz CT molecular complexity index is 463. The van der Waals surface area contributed by atoms with Crippen molar-refractivity contribution in [3.8, 4) is 0 Å². The van der Waals surface area contributed by atoms with Gasteiger partial charge in [0.15, 0.2) is 19.5 Å². The van der Waals surface area contributed by atoms with Crippen LogP contribution in [0, 0.1) is 5.41 Å². The lowest BCUT2D eigenvalue weighted by molar-refractivity contribution is -0.0527. The SMILES string of the molecule is C[SiH2]OC(O[SiH2]C)C(C)(C)C1=CCc2ccccc21. The topological polar surface area (TPSA) is 18.5 Å². The summed E-state index contributed by atoms with van der Waals surface area (Å²) in [5.41, 5.74) is 4.11. The molecule has 0 amide bonds. The molecule has 19 heavy (non-hydrogen) atoms. The fourth-order valence-electron chi connectivity index (χ4n) is 2.79. The van der Waals surface area contributed by atoms with E-state index in [9.17, 15) is 0 Å². The molecule has 0 saturated heterocycles. The minimum Gasteiger partial charge on any atom is -0.400 e. The molecule has 0 heterocycles. The highest BCUT2D eigenvalue weighted by Crippen LogP contribution is 2.43. The first-order valence-electron chi connectivity index (χ1n) is 7.13. The second-order valence-electron chi connectivity index (χ2n) is 5.44. The maximum absolute atomic E-state index is 5.99. The van der Waals surface area contributed by atoms with Gasteiger partial charge in [0.1, 0.15) is 6.29 Å². The van der Waals surface area contributed by atoms with Crippen molar-refractivity contribution in [3.63, 3.8) is 0 Å². The average Bonchev–Trinajstić information content (AvgIpc) is 2.83. The molecule has 0 aromatic heterocycles. The maximum atomic E-state index is 5.99. The van der Waals surface area contributed by atoms with Gasteiger partial charge < -0.3 is 8.85 Å². The second kappa shape index (κ2) is 6.18. The summed E-state index contributed by atoms with van der Waals surface area (Å²) in [6.07, 6.45) is 3.31. The van der Waals surface area contributed by atoms with Gasteiger partial charge >= 0.3 is 0 Å². The number of hydrogen-bond acceptors (Lipinski definition) is 2. The van der Waals surface area contributed by atoms with E-state index in [1.54, 1.807) is 0 Å². The molecule has 4 heteroatoms. The van der Waals surface area contributed by atoms with E-state index in [0.717, 1.165) is 6.42 Å². The van der Waals surface area contributed by atoms with E-state index in [4.69, 9.17) is 8.85 Å². The van der Waals surface area contributed by atoms with E-state index in [0.29, 0.717) is 0 Å². The summed E-state index contributed by atoms with van der Waals surface area (Å²) in [4.78, 5) is 0. The molecule has 2 nitrogen and oxygen atoms in total. The van der Waals surface area contributed by atoms with Gasteiger partial charge in [-0.3, -0.25) is 0 Å². The zero-order chi connectivity index (χ0) is 13.9. The van der Waals surface area contributed by atoms with Gasteiger partial charge in [-0.1, -0.05) is 57.3 Å². The Hall–Kier alpha value is -0.686. The first-order valence-corrected chi connectivity index (χ1v) is 11.1. The van der Waals surface area contributed by atoms with Gasteiger partial charge in [-0.2, -0.15) is 0 Å². The summed E-state index contributed by atoms with van der Waals surface area (Å²) in [6, 6.07) is 8.67. The van der Waals surface area contributed by atoms with E-state index in [-0.39, 0.29) is 11.7 Å². The maximum Gasteiger partial charge on any atom is 0.161 e. The van der Waals surface area contributed by atoms with Gasteiger partial charge in [-0.25, -0.2) is 0 Å². The predicted molar refractivity (Wildman–Crippen MR) is 86.7 cm³/mol. The Labute approximate surface area is 121 Å². The minimum absolute atomic E-state index is 0.0708. The predicted octanol–water partition coefficient (Wildman–Crippen LogP) is 2.28. The van der Waals surface area contributed by atoms with Crippen molar-refractivity contribution in [2.75, 3.05) is 0 Å². The third-order valence-electron chi connectivity index (χ3n) is 3.75. The van der Waals surface area contributed by atoms with Crippen molar-refractivity contribution in [2.24, 2.45) is 5.41 Å². The fraction of sp³-hybridized carbons (Fsp3) is 0.467. The molecule has 0 spiro atoms. The van der Waals surface area contributed by atoms with E-state index in [1.165, 1.54) is 16.7 Å². The molecule has 0 aliphatic heterocycles. The van der Waals surface area contributed by atoms with Gasteiger partial charge in [-0.15, -0.1) is 0 Å². The molecule has 0 saturated carbocycles. The first-order chi connectivity index (χ1) is 9.11. The smallest absolute Gasteiger partial charge is 0.161 e. The lowest BCUT2D eigenvalue weighted by atomic mass is 9.80. The molecule has 1 aliphatic rings. The number of hydrogen-bond donors (Lipinski definition) is 0. The minimum atomic E-state index is -0.466. The van der Waals surface area contributed by atoms with Gasteiger partial charge in [0.25, 0.3) is 0 Å². The molecule has 0 fully saturated rings. The summed E-state index contributed by atoms with van der Waals surface area (Å²) in [5, 5.41) is 0. The lowest BCUT2D eigenvalue weighted by Gasteiger charge is -2.36. The van der Waals surface area contributed by atoms with Crippen LogP contribution in [0.3, 0.4) is 0 Å². The highest BCUT2D eigenvalue weighted by molar-refractivity contribution is 6.26. The van der Waals surface area contributed by atoms with Crippen molar-refractivity contribution < 1.29 is 8.85 Å². The number of rotatable bonds is 6. The number of fused-ring (bicyclic) bond motifs is 1. The van der Waals surface area contributed by atoms with Crippen LogP contribution in [0.1, 0.15) is 25.0 Å². The molecular formula is C15H24O2Si2. The zero-order valence-corrected chi connectivity index (χ0v) is 15.2. The third kappa shape index (κ3) is 2.92. The zero-order valence-electron chi connectivity index (χ0n) is 12.4. The van der Waals surface area contributed by atoms with Crippen LogP contribution in [0.5, 0.6) is 0 Å². The molecular weight excluding hydrogens is 268 g/mol. The molecule has 0 unspecified atom stereocenters. The van der Waals surface area contributed by atoms with Gasteiger partial charge in [0.2, 0.25) is 0 Å². The molecule has 104 valence electrons. The van der Waals surface area contributed by atoms with Crippen LogP contribution in [0.4, 0.5) is 0 Å². The first kappa shape index (κ1) is 14.7. The normalized spacial score (nSPS) is 17.4.